The summed E-state index contributed by atoms with van der Waals surface area (Å²) in [6, 6.07) is 0. The minimum atomic E-state index is 0.0405. The highest BCUT2D eigenvalue weighted by Crippen LogP contribution is 2.24. The third kappa shape index (κ3) is 1.57. The number of carbonyl (C=O) groups excluding carboxylic acids is 1. The quantitative estimate of drug-likeness (QED) is 0.579. The van der Waals surface area contributed by atoms with E-state index in [1.807, 2.05) is 6.29 Å². The van der Waals surface area contributed by atoms with Gasteiger partial charge >= 0.3 is 0 Å². The Labute approximate surface area is 61.6 Å². The van der Waals surface area contributed by atoms with Crippen LogP contribution in [0.1, 0.15) is 25.7 Å². The average Bonchev–Trinajstić information content (AvgIpc) is 2.04. The molecule has 1 saturated carbocycles. The lowest BCUT2D eigenvalue weighted by atomic mass is 9.87. The van der Waals surface area contributed by atoms with E-state index in [0.29, 0.717) is 0 Å². The Balaban J connectivity index is 2.41. The van der Waals surface area contributed by atoms with Gasteiger partial charge in [-0.2, -0.15) is 0 Å². The molecule has 57 valence electrons. The van der Waals surface area contributed by atoms with Crippen LogP contribution in [0.2, 0.25) is 0 Å². The SMILES string of the molecule is COC1CCCCC1[C]=O. The summed E-state index contributed by atoms with van der Waals surface area (Å²) in [5.74, 6) is 0.0405. The second-order valence-electron chi connectivity index (χ2n) is 2.78. The molecule has 2 heteroatoms. The summed E-state index contributed by atoms with van der Waals surface area (Å²) >= 11 is 0. The second kappa shape index (κ2) is 3.71. The molecule has 0 aromatic rings. The second-order valence-corrected chi connectivity index (χ2v) is 2.78. The molecule has 1 aliphatic carbocycles. The van der Waals surface area contributed by atoms with Crippen LogP contribution in [0.25, 0.3) is 0 Å². The molecule has 0 amide bonds. The van der Waals surface area contributed by atoms with Crippen LogP contribution in [-0.4, -0.2) is 19.5 Å². The lowest BCUT2D eigenvalue weighted by molar-refractivity contribution is 0.0474. The standard InChI is InChI=1S/C8H13O2/c1-10-8-5-3-2-4-7(8)6-9/h7-8H,2-5H2,1H3. The first-order valence-corrected chi connectivity index (χ1v) is 3.79. The molecule has 0 spiro atoms. The van der Waals surface area contributed by atoms with Crippen molar-refractivity contribution in [3.63, 3.8) is 0 Å². The first kappa shape index (κ1) is 7.73. The number of hydrogen-bond donors (Lipinski definition) is 0. The summed E-state index contributed by atoms with van der Waals surface area (Å²) in [6.07, 6.45) is 6.50. The Hall–Kier alpha value is -0.370. The summed E-state index contributed by atoms with van der Waals surface area (Å²) in [4.78, 5) is 10.3. The van der Waals surface area contributed by atoms with Crippen molar-refractivity contribution in [2.75, 3.05) is 7.11 Å². The van der Waals surface area contributed by atoms with Gasteiger partial charge in [0, 0.05) is 7.11 Å². The maximum absolute atomic E-state index is 10.3. The molecule has 10 heavy (non-hydrogen) atoms. The van der Waals surface area contributed by atoms with Gasteiger partial charge in [0.1, 0.15) is 0 Å². The molecule has 0 heterocycles. The van der Waals surface area contributed by atoms with Crippen LogP contribution < -0.4 is 0 Å². The highest BCUT2D eigenvalue weighted by atomic mass is 16.5. The Kier molecular flexibility index (Phi) is 2.87. The van der Waals surface area contributed by atoms with Crippen molar-refractivity contribution in [1.29, 1.82) is 0 Å². The first-order chi connectivity index (χ1) is 4.88. The van der Waals surface area contributed by atoms with Gasteiger partial charge in [-0.25, -0.2) is 0 Å². The topological polar surface area (TPSA) is 26.3 Å². The Morgan fingerprint density at radius 1 is 1.40 bits per heavy atom. The summed E-state index contributed by atoms with van der Waals surface area (Å²) in [5, 5.41) is 0. The molecule has 0 aromatic carbocycles. The average molecular weight is 141 g/mol. The van der Waals surface area contributed by atoms with Gasteiger partial charge in [0.2, 0.25) is 6.29 Å². The molecule has 1 radical (unpaired) electrons. The fourth-order valence-electron chi connectivity index (χ4n) is 1.51. The van der Waals surface area contributed by atoms with Crippen LogP contribution in [0, 0.1) is 5.92 Å². The van der Waals surface area contributed by atoms with Crippen LogP contribution in [0.4, 0.5) is 0 Å². The Morgan fingerprint density at radius 3 is 2.60 bits per heavy atom. The van der Waals surface area contributed by atoms with Gasteiger partial charge in [-0.3, -0.25) is 4.79 Å². The highest BCUT2D eigenvalue weighted by Gasteiger charge is 2.24. The summed E-state index contributed by atoms with van der Waals surface area (Å²) in [6.45, 7) is 0. The number of rotatable bonds is 2. The number of methoxy groups -OCH3 is 1. The Morgan fingerprint density at radius 2 is 2.10 bits per heavy atom. The Bertz CT molecular complexity index is 112. The van der Waals surface area contributed by atoms with Gasteiger partial charge in [-0.05, 0) is 12.8 Å². The van der Waals surface area contributed by atoms with Crippen molar-refractivity contribution in [1.82, 2.24) is 0 Å². The molecule has 0 aliphatic heterocycles. The van der Waals surface area contributed by atoms with Gasteiger partial charge in [-0.15, -0.1) is 0 Å². The highest BCUT2D eigenvalue weighted by molar-refractivity contribution is 5.55. The van der Waals surface area contributed by atoms with Crippen molar-refractivity contribution in [3.8, 4) is 0 Å². The van der Waals surface area contributed by atoms with E-state index in [9.17, 15) is 4.79 Å². The molecule has 1 rings (SSSR count). The van der Waals surface area contributed by atoms with Gasteiger partial charge in [0.15, 0.2) is 0 Å². The lowest BCUT2D eigenvalue weighted by Gasteiger charge is -2.25. The van der Waals surface area contributed by atoms with Gasteiger partial charge < -0.3 is 4.74 Å². The predicted molar refractivity (Wildman–Crippen MR) is 38.4 cm³/mol. The maximum atomic E-state index is 10.3. The van der Waals surface area contributed by atoms with Crippen LogP contribution in [0.15, 0.2) is 0 Å². The van der Waals surface area contributed by atoms with E-state index in [4.69, 9.17) is 4.74 Å². The van der Waals surface area contributed by atoms with Crippen molar-refractivity contribution >= 4 is 6.29 Å². The molecule has 2 nitrogen and oxygen atoms in total. The normalized spacial score (nSPS) is 33.7. The smallest absolute Gasteiger partial charge is 0.204 e. The van der Waals surface area contributed by atoms with Gasteiger partial charge in [-0.1, -0.05) is 12.8 Å². The van der Waals surface area contributed by atoms with E-state index in [-0.39, 0.29) is 12.0 Å². The van der Waals surface area contributed by atoms with E-state index in [0.717, 1.165) is 19.3 Å². The lowest BCUT2D eigenvalue weighted by Crippen LogP contribution is -2.27. The fourth-order valence-corrected chi connectivity index (χ4v) is 1.51. The van der Waals surface area contributed by atoms with Crippen LogP contribution in [-0.2, 0) is 9.53 Å². The molecule has 0 N–H and O–H groups in total. The first-order valence-electron chi connectivity index (χ1n) is 3.79. The molecular formula is C8H13O2. The molecule has 2 unspecified atom stereocenters. The van der Waals surface area contributed by atoms with E-state index in [1.54, 1.807) is 7.11 Å². The van der Waals surface area contributed by atoms with Gasteiger partial charge in [0.25, 0.3) is 0 Å². The van der Waals surface area contributed by atoms with Gasteiger partial charge in [0.05, 0.1) is 12.0 Å². The van der Waals surface area contributed by atoms with Crippen molar-refractivity contribution in [2.45, 2.75) is 31.8 Å². The fraction of sp³-hybridized carbons (Fsp3) is 0.875. The zero-order valence-corrected chi connectivity index (χ0v) is 6.30. The van der Waals surface area contributed by atoms with E-state index in [2.05, 4.69) is 0 Å². The maximum Gasteiger partial charge on any atom is 0.204 e. The van der Waals surface area contributed by atoms with Crippen molar-refractivity contribution < 1.29 is 9.53 Å². The van der Waals surface area contributed by atoms with Crippen LogP contribution in [0.5, 0.6) is 0 Å². The van der Waals surface area contributed by atoms with E-state index < -0.39 is 0 Å². The molecule has 0 bridgehead atoms. The minimum absolute atomic E-state index is 0.0405. The predicted octanol–water partition coefficient (Wildman–Crippen LogP) is 1.30. The molecule has 1 aliphatic rings. The third-order valence-electron chi connectivity index (χ3n) is 2.16. The number of hydrogen-bond acceptors (Lipinski definition) is 2. The minimum Gasteiger partial charge on any atom is -0.381 e. The molecule has 1 fully saturated rings. The monoisotopic (exact) mass is 141 g/mol. The molecule has 2 atom stereocenters. The number of ether oxygens (including phenoxy) is 1. The van der Waals surface area contributed by atoms with Crippen LogP contribution >= 0.6 is 0 Å². The largest absolute Gasteiger partial charge is 0.381 e. The van der Waals surface area contributed by atoms with Crippen molar-refractivity contribution in [2.24, 2.45) is 5.92 Å². The summed E-state index contributed by atoms with van der Waals surface area (Å²) in [7, 11) is 1.67. The zero-order valence-electron chi connectivity index (χ0n) is 6.30. The van der Waals surface area contributed by atoms with E-state index in [1.165, 1.54) is 6.42 Å². The summed E-state index contributed by atoms with van der Waals surface area (Å²) < 4.78 is 5.13. The summed E-state index contributed by atoms with van der Waals surface area (Å²) in [5.41, 5.74) is 0. The van der Waals surface area contributed by atoms with Crippen molar-refractivity contribution in [3.05, 3.63) is 0 Å². The molecule has 0 saturated heterocycles. The van der Waals surface area contributed by atoms with E-state index >= 15 is 0 Å². The van der Waals surface area contributed by atoms with Crippen LogP contribution in [0.3, 0.4) is 0 Å². The molecular weight excluding hydrogens is 128 g/mol. The third-order valence-corrected chi connectivity index (χ3v) is 2.16. The molecule has 0 aromatic heterocycles. The zero-order chi connectivity index (χ0) is 7.40.